The Hall–Kier alpha value is -0.570. The molecule has 0 aromatic carbocycles. The van der Waals surface area contributed by atoms with Crippen LogP contribution in [0.25, 0.3) is 0 Å². The highest BCUT2D eigenvalue weighted by Gasteiger charge is 2.26. The van der Waals surface area contributed by atoms with E-state index in [1.807, 2.05) is 0 Å². The Kier molecular flexibility index (Phi) is 2.30. The van der Waals surface area contributed by atoms with Crippen molar-refractivity contribution in [1.29, 1.82) is 0 Å². The Morgan fingerprint density at radius 3 is 2.83 bits per heavy atom. The van der Waals surface area contributed by atoms with Crippen LogP contribution in [0.4, 0.5) is 0 Å². The van der Waals surface area contributed by atoms with E-state index < -0.39 is 0 Å². The van der Waals surface area contributed by atoms with Crippen molar-refractivity contribution in [3.8, 4) is 0 Å². The lowest BCUT2D eigenvalue weighted by molar-refractivity contribution is -0.125. The number of carbonyl (C=O) groups is 1. The monoisotopic (exact) mass is 169 g/mol. The lowest BCUT2D eigenvalue weighted by Crippen LogP contribution is -2.32. The molecule has 1 N–H and O–H groups in total. The molecule has 2 fully saturated rings. The van der Waals surface area contributed by atoms with Gasteiger partial charge in [0, 0.05) is 13.2 Å². The van der Waals surface area contributed by atoms with Gasteiger partial charge in [0.1, 0.15) is 0 Å². The largest absolute Gasteiger partial charge is 0.381 e. The molecule has 2 aliphatic rings. The smallest absolute Gasteiger partial charge is 0.225 e. The summed E-state index contributed by atoms with van der Waals surface area (Å²) in [7, 11) is 0. The molecule has 3 nitrogen and oxygen atoms in total. The van der Waals surface area contributed by atoms with Crippen LogP contribution >= 0.6 is 0 Å². The second kappa shape index (κ2) is 3.44. The van der Waals surface area contributed by atoms with Crippen LogP contribution in [-0.4, -0.2) is 25.7 Å². The summed E-state index contributed by atoms with van der Waals surface area (Å²) in [6, 6.07) is 0. The van der Waals surface area contributed by atoms with Crippen molar-refractivity contribution in [3.05, 3.63) is 0 Å². The number of hydrogen-bond donors (Lipinski definition) is 1. The van der Waals surface area contributed by atoms with Gasteiger partial charge in [0.15, 0.2) is 0 Å². The maximum absolute atomic E-state index is 11.4. The minimum absolute atomic E-state index is 0.128. The van der Waals surface area contributed by atoms with Gasteiger partial charge in [0.05, 0.1) is 12.5 Å². The van der Waals surface area contributed by atoms with Crippen molar-refractivity contribution in [2.24, 2.45) is 11.8 Å². The number of amides is 1. The van der Waals surface area contributed by atoms with Crippen molar-refractivity contribution < 1.29 is 9.53 Å². The number of rotatable bonds is 3. The summed E-state index contributed by atoms with van der Waals surface area (Å²) in [5.74, 6) is 1.10. The third-order valence-electron chi connectivity index (χ3n) is 2.56. The summed E-state index contributed by atoms with van der Waals surface area (Å²) in [5, 5.41) is 2.97. The minimum Gasteiger partial charge on any atom is -0.381 e. The molecule has 1 saturated carbocycles. The standard InChI is InChI=1S/C9H15NO2/c11-9(8-3-4-12-6-8)10-5-7-1-2-7/h7-8H,1-6H2,(H,10,11)/t8-/m0/s1. The molecule has 12 heavy (non-hydrogen) atoms. The zero-order chi connectivity index (χ0) is 8.39. The molecule has 68 valence electrons. The fraction of sp³-hybridized carbons (Fsp3) is 0.889. The van der Waals surface area contributed by atoms with E-state index >= 15 is 0 Å². The molecule has 1 aliphatic carbocycles. The van der Waals surface area contributed by atoms with Crippen LogP contribution in [0.1, 0.15) is 19.3 Å². The summed E-state index contributed by atoms with van der Waals surface area (Å²) in [6.07, 6.45) is 3.49. The lowest BCUT2D eigenvalue weighted by Gasteiger charge is -2.07. The van der Waals surface area contributed by atoms with E-state index in [1.54, 1.807) is 0 Å². The van der Waals surface area contributed by atoms with E-state index in [0.29, 0.717) is 6.61 Å². The highest BCUT2D eigenvalue weighted by Crippen LogP contribution is 2.27. The first-order valence-electron chi connectivity index (χ1n) is 4.71. The zero-order valence-electron chi connectivity index (χ0n) is 7.21. The average Bonchev–Trinajstić information content (AvgIpc) is 2.74. The predicted molar refractivity (Wildman–Crippen MR) is 44.7 cm³/mol. The molecule has 1 saturated heterocycles. The number of carbonyl (C=O) groups excluding carboxylic acids is 1. The SMILES string of the molecule is O=C(NCC1CC1)[C@H]1CCOC1. The van der Waals surface area contributed by atoms with Crippen LogP contribution in [-0.2, 0) is 9.53 Å². The molecule has 1 aliphatic heterocycles. The molecule has 3 heteroatoms. The van der Waals surface area contributed by atoms with Gasteiger partial charge >= 0.3 is 0 Å². The fourth-order valence-electron chi connectivity index (χ4n) is 1.45. The maximum atomic E-state index is 11.4. The molecule has 0 radical (unpaired) electrons. The summed E-state index contributed by atoms with van der Waals surface area (Å²) in [4.78, 5) is 11.4. The molecule has 0 aromatic rings. The summed E-state index contributed by atoms with van der Waals surface area (Å²) < 4.78 is 5.14. The van der Waals surface area contributed by atoms with Crippen molar-refractivity contribution >= 4 is 5.91 Å². The van der Waals surface area contributed by atoms with Crippen molar-refractivity contribution in [3.63, 3.8) is 0 Å². The second-order valence-corrected chi connectivity index (χ2v) is 3.75. The minimum atomic E-state index is 0.128. The van der Waals surface area contributed by atoms with Gasteiger partial charge in [-0.1, -0.05) is 0 Å². The van der Waals surface area contributed by atoms with E-state index in [9.17, 15) is 4.79 Å². The van der Waals surface area contributed by atoms with Crippen LogP contribution in [0.2, 0.25) is 0 Å². The van der Waals surface area contributed by atoms with Gasteiger partial charge in [0.25, 0.3) is 0 Å². The van der Waals surface area contributed by atoms with Gasteiger partial charge in [-0.15, -0.1) is 0 Å². The van der Waals surface area contributed by atoms with Gasteiger partial charge in [-0.25, -0.2) is 0 Å². The third kappa shape index (κ3) is 1.97. The van der Waals surface area contributed by atoms with E-state index in [0.717, 1.165) is 25.5 Å². The van der Waals surface area contributed by atoms with Crippen molar-refractivity contribution in [2.45, 2.75) is 19.3 Å². The quantitative estimate of drug-likeness (QED) is 0.670. The fourth-order valence-corrected chi connectivity index (χ4v) is 1.45. The number of nitrogens with one attached hydrogen (secondary N) is 1. The van der Waals surface area contributed by atoms with E-state index in [4.69, 9.17) is 4.74 Å². The Bertz CT molecular complexity index is 171. The topological polar surface area (TPSA) is 38.3 Å². The van der Waals surface area contributed by atoms with Gasteiger partial charge < -0.3 is 10.1 Å². The van der Waals surface area contributed by atoms with E-state index in [2.05, 4.69) is 5.32 Å². The van der Waals surface area contributed by atoms with E-state index in [-0.39, 0.29) is 11.8 Å². The number of ether oxygens (including phenoxy) is 1. The van der Waals surface area contributed by atoms with Crippen molar-refractivity contribution in [1.82, 2.24) is 5.32 Å². The normalized spacial score (nSPS) is 28.8. The Morgan fingerprint density at radius 1 is 1.42 bits per heavy atom. The van der Waals surface area contributed by atoms with Crippen LogP contribution in [0, 0.1) is 11.8 Å². The first kappa shape index (κ1) is 8.05. The molecule has 0 aromatic heterocycles. The first-order chi connectivity index (χ1) is 5.86. The number of hydrogen-bond acceptors (Lipinski definition) is 2. The van der Waals surface area contributed by atoms with Gasteiger partial charge in [-0.2, -0.15) is 0 Å². The maximum Gasteiger partial charge on any atom is 0.225 e. The van der Waals surface area contributed by atoms with Crippen LogP contribution in [0.15, 0.2) is 0 Å². The lowest BCUT2D eigenvalue weighted by atomic mass is 10.1. The molecule has 1 atom stereocenters. The van der Waals surface area contributed by atoms with Crippen LogP contribution in [0.3, 0.4) is 0 Å². The molecular formula is C9H15NO2. The average molecular weight is 169 g/mol. The third-order valence-corrected chi connectivity index (χ3v) is 2.56. The van der Waals surface area contributed by atoms with Crippen molar-refractivity contribution in [2.75, 3.05) is 19.8 Å². The molecule has 1 heterocycles. The van der Waals surface area contributed by atoms with Crippen LogP contribution < -0.4 is 5.32 Å². The Morgan fingerprint density at radius 2 is 2.25 bits per heavy atom. The first-order valence-corrected chi connectivity index (χ1v) is 4.71. The molecule has 2 rings (SSSR count). The highest BCUT2D eigenvalue weighted by molar-refractivity contribution is 5.78. The highest BCUT2D eigenvalue weighted by atomic mass is 16.5. The predicted octanol–water partition coefficient (Wildman–Crippen LogP) is 0.549. The van der Waals surface area contributed by atoms with Gasteiger partial charge in [-0.05, 0) is 25.2 Å². The summed E-state index contributed by atoms with van der Waals surface area (Å²) >= 11 is 0. The second-order valence-electron chi connectivity index (χ2n) is 3.75. The molecule has 0 unspecified atom stereocenters. The Labute approximate surface area is 72.5 Å². The Balaban J connectivity index is 1.67. The molecule has 1 amide bonds. The summed E-state index contributed by atoms with van der Waals surface area (Å²) in [6.45, 7) is 2.26. The molecular weight excluding hydrogens is 154 g/mol. The molecule has 0 spiro atoms. The van der Waals surface area contributed by atoms with Gasteiger partial charge in [0.2, 0.25) is 5.91 Å². The zero-order valence-corrected chi connectivity index (χ0v) is 7.21. The summed E-state index contributed by atoms with van der Waals surface area (Å²) in [5.41, 5.74) is 0. The molecule has 0 bridgehead atoms. The van der Waals surface area contributed by atoms with E-state index in [1.165, 1.54) is 12.8 Å². The van der Waals surface area contributed by atoms with Crippen LogP contribution in [0.5, 0.6) is 0 Å². The van der Waals surface area contributed by atoms with Gasteiger partial charge in [-0.3, -0.25) is 4.79 Å².